The first kappa shape index (κ1) is 17.3. The van der Waals surface area contributed by atoms with Gasteiger partial charge < -0.3 is 15.4 Å². The number of thiophene rings is 1. The van der Waals surface area contributed by atoms with Crippen LogP contribution in [0.25, 0.3) is 10.1 Å². The molecule has 1 fully saturated rings. The molecule has 2 heterocycles. The maximum Gasteiger partial charge on any atom is 0.264 e. The van der Waals surface area contributed by atoms with Crippen LogP contribution in [0, 0.1) is 5.82 Å². The number of halogens is 1. The van der Waals surface area contributed by atoms with E-state index < -0.39 is 0 Å². The first-order valence-electron chi connectivity index (χ1n) is 8.30. The zero-order valence-corrected chi connectivity index (χ0v) is 14.9. The zero-order valence-electron chi connectivity index (χ0n) is 14.0. The van der Waals surface area contributed by atoms with Crippen molar-refractivity contribution in [3.05, 3.63) is 34.5 Å². The number of rotatable bonds is 4. The molecule has 2 atom stereocenters. The van der Waals surface area contributed by atoms with Gasteiger partial charge in [0.05, 0.1) is 11.5 Å². The number of likely N-dealkylation sites (tertiary alicyclic amines) is 1. The maximum absolute atomic E-state index is 14.3. The number of nitrogens with two attached hydrogens (primary N) is 1. The third-order valence-electron chi connectivity index (χ3n) is 4.66. The molecule has 6 heteroatoms. The highest BCUT2D eigenvalue weighted by molar-refractivity contribution is 7.21. The van der Waals surface area contributed by atoms with Crippen molar-refractivity contribution in [3.8, 4) is 0 Å². The van der Waals surface area contributed by atoms with Gasteiger partial charge in [-0.1, -0.05) is 6.07 Å². The van der Waals surface area contributed by atoms with Gasteiger partial charge >= 0.3 is 0 Å². The van der Waals surface area contributed by atoms with Crippen LogP contribution >= 0.6 is 11.3 Å². The predicted octanol–water partition coefficient (Wildman–Crippen LogP) is 3.53. The number of hydrogen-bond donors (Lipinski definition) is 1. The number of piperidine rings is 1. The molecule has 0 aliphatic carbocycles. The normalized spacial score (nSPS) is 19.7. The molecule has 4 nitrogen and oxygen atoms in total. The molecule has 1 saturated heterocycles. The van der Waals surface area contributed by atoms with Crippen molar-refractivity contribution in [1.82, 2.24) is 4.90 Å². The molecule has 24 heavy (non-hydrogen) atoms. The third-order valence-corrected chi connectivity index (χ3v) is 5.85. The van der Waals surface area contributed by atoms with Gasteiger partial charge in [0.2, 0.25) is 0 Å². The van der Waals surface area contributed by atoms with Gasteiger partial charge in [0, 0.05) is 41.4 Å². The van der Waals surface area contributed by atoms with Crippen LogP contribution in [-0.2, 0) is 11.3 Å². The van der Waals surface area contributed by atoms with E-state index in [2.05, 4.69) is 0 Å². The standard InChI is InChI=1S/C18H23FN2O2S/c1-11(20)14-7-3-4-9-21(14)18(22)17-12(10-23-2)16-13(19)6-5-8-15(16)24-17/h5-6,8,11,14H,3-4,7,9-10,20H2,1-2H3. The Balaban J connectivity index is 2.05. The molecule has 130 valence electrons. The monoisotopic (exact) mass is 350 g/mol. The number of carbonyl (C=O) groups excluding carboxylic acids is 1. The number of methoxy groups -OCH3 is 1. The largest absolute Gasteiger partial charge is 0.380 e. The number of hydrogen-bond acceptors (Lipinski definition) is 4. The molecule has 1 aromatic heterocycles. The zero-order chi connectivity index (χ0) is 17.3. The van der Waals surface area contributed by atoms with Crippen LogP contribution in [0.4, 0.5) is 4.39 Å². The quantitative estimate of drug-likeness (QED) is 0.918. The summed E-state index contributed by atoms with van der Waals surface area (Å²) in [5, 5.41) is 0.502. The van der Waals surface area contributed by atoms with E-state index in [1.165, 1.54) is 17.4 Å². The Morgan fingerprint density at radius 1 is 1.50 bits per heavy atom. The number of benzene rings is 1. The number of ether oxygens (including phenoxy) is 1. The molecule has 0 radical (unpaired) electrons. The fraction of sp³-hybridized carbons (Fsp3) is 0.500. The highest BCUT2D eigenvalue weighted by atomic mass is 32.1. The van der Waals surface area contributed by atoms with Crippen LogP contribution in [-0.4, -0.2) is 36.5 Å². The molecule has 0 spiro atoms. The van der Waals surface area contributed by atoms with Crippen molar-refractivity contribution >= 4 is 27.3 Å². The van der Waals surface area contributed by atoms with Gasteiger partial charge in [-0.15, -0.1) is 11.3 Å². The van der Waals surface area contributed by atoms with Crippen LogP contribution in [0.3, 0.4) is 0 Å². The Hall–Kier alpha value is -1.50. The predicted molar refractivity (Wildman–Crippen MR) is 94.8 cm³/mol. The lowest BCUT2D eigenvalue weighted by atomic mass is 9.96. The average molecular weight is 350 g/mol. The number of carbonyl (C=O) groups is 1. The summed E-state index contributed by atoms with van der Waals surface area (Å²) in [6, 6.07) is 4.90. The van der Waals surface area contributed by atoms with Crippen LogP contribution in [0.5, 0.6) is 0 Å². The Morgan fingerprint density at radius 2 is 2.29 bits per heavy atom. The lowest BCUT2D eigenvalue weighted by Gasteiger charge is -2.38. The molecule has 1 aromatic carbocycles. The molecule has 2 aromatic rings. The van der Waals surface area contributed by atoms with E-state index in [-0.39, 0.29) is 30.4 Å². The minimum atomic E-state index is -0.308. The Morgan fingerprint density at radius 3 is 3.00 bits per heavy atom. The smallest absolute Gasteiger partial charge is 0.264 e. The van der Waals surface area contributed by atoms with Gasteiger partial charge in [0.15, 0.2) is 0 Å². The van der Waals surface area contributed by atoms with E-state index in [0.717, 1.165) is 24.0 Å². The van der Waals surface area contributed by atoms with E-state index in [0.29, 0.717) is 22.4 Å². The topological polar surface area (TPSA) is 55.6 Å². The fourth-order valence-electron chi connectivity index (χ4n) is 3.51. The summed E-state index contributed by atoms with van der Waals surface area (Å²) in [6.45, 7) is 2.86. The summed E-state index contributed by atoms with van der Waals surface area (Å²) in [5.74, 6) is -0.359. The van der Waals surface area contributed by atoms with Gasteiger partial charge in [0.25, 0.3) is 5.91 Å². The van der Waals surface area contributed by atoms with Crippen LogP contribution in [0.1, 0.15) is 41.4 Å². The minimum absolute atomic E-state index is 0.0386. The first-order valence-corrected chi connectivity index (χ1v) is 9.11. The molecule has 1 aliphatic rings. The van der Waals surface area contributed by atoms with Crippen LogP contribution in [0.15, 0.2) is 18.2 Å². The highest BCUT2D eigenvalue weighted by Gasteiger charge is 2.32. The van der Waals surface area contributed by atoms with E-state index in [9.17, 15) is 9.18 Å². The summed E-state index contributed by atoms with van der Waals surface area (Å²) in [6.07, 6.45) is 2.98. The second-order valence-corrected chi connectivity index (χ2v) is 7.43. The van der Waals surface area contributed by atoms with E-state index >= 15 is 0 Å². The summed E-state index contributed by atoms with van der Waals surface area (Å²) in [4.78, 5) is 15.6. The summed E-state index contributed by atoms with van der Waals surface area (Å²) >= 11 is 1.34. The van der Waals surface area contributed by atoms with Gasteiger partial charge in [-0.05, 0) is 38.3 Å². The minimum Gasteiger partial charge on any atom is -0.380 e. The third kappa shape index (κ3) is 3.06. The number of fused-ring (bicyclic) bond motifs is 1. The summed E-state index contributed by atoms with van der Waals surface area (Å²) in [7, 11) is 1.56. The Bertz CT molecular complexity index is 744. The van der Waals surface area contributed by atoms with Crippen molar-refractivity contribution in [2.24, 2.45) is 5.73 Å². The lowest BCUT2D eigenvalue weighted by Crippen LogP contribution is -2.51. The van der Waals surface area contributed by atoms with E-state index in [1.807, 2.05) is 17.9 Å². The van der Waals surface area contributed by atoms with Crippen molar-refractivity contribution in [3.63, 3.8) is 0 Å². The molecule has 3 rings (SSSR count). The van der Waals surface area contributed by atoms with Gasteiger partial charge in [0.1, 0.15) is 5.82 Å². The van der Waals surface area contributed by atoms with Crippen LogP contribution in [0.2, 0.25) is 0 Å². The van der Waals surface area contributed by atoms with E-state index in [4.69, 9.17) is 10.5 Å². The lowest BCUT2D eigenvalue weighted by molar-refractivity contribution is 0.0585. The van der Waals surface area contributed by atoms with Crippen molar-refractivity contribution in [2.75, 3.05) is 13.7 Å². The summed E-state index contributed by atoms with van der Waals surface area (Å²) < 4.78 is 20.3. The average Bonchev–Trinajstić information content (AvgIpc) is 2.94. The van der Waals surface area contributed by atoms with Gasteiger partial charge in [-0.2, -0.15) is 0 Å². The second-order valence-electron chi connectivity index (χ2n) is 6.38. The highest BCUT2D eigenvalue weighted by Crippen LogP contribution is 2.35. The Labute approximate surface area is 145 Å². The second kappa shape index (κ2) is 7.17. The SMILES string of the molecule is COCc1c(C(=O)N2CCCCC2C(C)N)sc2cccc(F)c12. The van der Waals surface area contributed by atoms with Crippen molar-refractivity contribution in [1.29, 1.82) is 0 Å². The fourth-order valence-corrected chi connectivity index (χ4v) is 4.69. The Kier molecular flexibility index (Phi) is 5.18. The molecule has 2 N–H and O–H groups in total. The summed E-state index contributed by atoms with van der Waals surface area (Å²) in [5.41, 5.74) is 6.74. The van der Waals surface area contributed by atoms with Gasteiger partial charge in [-0.25, -0.2) is 4.39 Å². The van der Waals surface area contributed by atoms with Crippen molar-refractivity contribution < 1.29 is 13.9 Å². The van der Waals surface area contributed by atoms with Crippen LogP contribution < -0.4 is 5.73 Å². The number of amides is 1. The molecule has 0 saturated carbocycles. The molecular weight excluding hydrogens is 327 g/mol. The molecular formula is C18H23FN2O2S. The molecule has 1 amide bonds. The number of nitrogens with zero attached hydrogens (tertiary/aromatic N) is 1. The van der Waals surface area contributed by atoms with Gasteiger partial charge in [-0.3, -0.25) is 4.79 Å². The molecule has 2 unspecified atom stereocenters. The van der Waals surface area contributed by atoms with Crippen molar-refractivity contribution in [2.45, 2.75) is 44.9 Å². The van der Waals surface area contributed by atoms with E-state index in [1.54, 1.807) is 13.2 Å². The molecule has 0 bridgehead atoms. The first-order chi connectivity index (χ1) is 11.5. The molecule has 1 aliphatic heterocycles. The maximum atomic E-state index is 14.3.